The zero-order chi connectivity index (χ0) is 17.8. The molecule has 0 saturated heterocycles. The number of furan rings is 1. The van der Waals surface area contributed by atoms with Gasteiger partial charge in [-0.3, -0.25) is 4.79 Å². The molecule has 0 aromatic carbocycles. The van der Waals surface area contributed by atoms with Crippen LogP contribution in [0.25, 0.3) is 22.6 Å². The van der Waals surface area contributed by atoms with Crippen LogP contribution >= 0.6 is 0 Å². The van der Waals surface area contributed by atoms with Crippen molar-refractivity contribution >= 4 is 22.8 Å². The molecule has 3 N–H and O–H groups in total. The number of nitrogens with zero attached hydrogens (tertiary/aromatic N) is 3. The van der Waals surface area contributed by atoms with Gasteiger partial charge < -0.3 is 15.5 Å². The fourth-order valence-corrected chi connectivity index (χ4v) is 2.72. The zero-order valence-electron chi connectivity index (χ0n) is 13.8. The summed E-state index contributed by atoms with van der Waals surface area (Å²) in [7, 11) is 0. The average molecular weight is 341 g/mol. The van der Waals surface area contributed by atoms with Crippen molar-refractivity contribution in [3.8, 4) is 11.5 Å². The second-order valence-electron chi connectivity index (χ2n) is 6.52. The summed E-state index contributed by atoms with van der Waals surface area (Å²) < 4.78 is 18.8. The van der Waals surface area contributed by atoms with Gasteiger partial charge in [-0.1, -0.05) is 0 Å². The number of nitrogens with two attached hydrogens (primary N) is 1. The third-order valence-electron chi connectivity index (χ3n) is 4.35. The largest absolute Gasteiger partial charge is 0.442 e. The summed E-state index contributed by atoms with van der Waals surface area (Å²) in [6, 6.07) is 2.78. The molecule has 3 heterocycles. The van der Waals surface area contributed by atoms with E-state index in [2.05, 4.69) is 27.2 Å². The molecule has 1 aliphatic rings. The second kappa shape index (κ2) is 5.23. The predicted molar refractivity (Wildman–Crippen MR) is 89.5 cm³/mol. The smallest absolute Gasteiger partial charge is 0.253 e. The zero-order valence-corrected chi connectivity index (χ0v) is 13.8. The highest BCUT2D eigenvalue weighted by Gasteiger charge is 2.38. The van der Waals surface area contributed by atoms with Gasteiger partial charge in [0.15, 0.2) is 5.82 Å². The Hall–Kier alpha value is -3.03. The van der Waals surface area contributed by atoms with E-state index in [1.807, 2.05) is 0 Å². The molecule has 3 aromatic heterocycles. The second-order valence-corrected chi connectivity index (χ2v) is 6.52. The topological polar surface area (TPSA) is 107 Å². The van der Waals surface area contributed by atoms with E-state index in [0.717, 1.165) is 19.0 Å². The molecule has 0 spiro atoms. The van der Waals surface area contributed by atoms with Crippen LogP contribution in [0, 0.1) is 12.7 Å². The highest BCUT2D eigenvalue weighted by atomic mass is 19.1. The Labute approximate surface area is 142 Å². The minimum Gasteiger partial charge on any atom is -0.442 e. The van der Waals surface area contributed by atoms with Gasteiger partial charge in [0.05, 0.1) is 17.1 Å². The lowest BCUT2D eigenvalue weighted by atomic mass is 10.1. The first-order valence-electron chi connectivity index (χ1n) is 7.87. The van der Waals surface area contributed by atoms with Crippen molar-refractivity contribution in [3.63, 3.8) is 0 Å². The van der Waals surface area contributed by atoms with E-state index in [4.69, 9.17) is 10.2 Å². The first-order chi connectivity index (χ1) is 11.9. The van der Waals surface area contributed by atoms with Crippen molar-refractivity contribution in [3.05, 3.63) is 35.5 Å². The van der Waals surface area contributed by atoms with E-state index in [9.17, 15) is 9.18 Å². The number of nitrogens with one attached hydrogen (secondary N) is 1. The molecule has 7 nitrogen and oxygen atoms in total. The van der Waals surface area contributed by atoms with Gasteiger partial charge in [-0.05, 0) is 38.8 Å². The number of fused-ring (bicyclic) bond motifs is 1. The summed E-state index contributed by atoms with van der Waals surface area (Å²) in [6.07, 6.45) is 3.08. The summed E-state index contributed by atoms with van der Waals surface area (Å²) in [6.45, 7) is 3.72. The van der Waals surface area contributed by atoms with Gasteiger partial charge in [-0.25, -0.2) is 14.4 Å². The Morgan fingerprint density at radius 1 is 1.36 bits per heavy atom. The van der Waals surface area contributed by atoms with Crippen LogP contribution in [-0.4, -0.2) is 26.4 Å². The maximum atomic E-state index is 13.1. The molecule has 0 bridgehead atoms. The van der Waals surface area contributed by atoms with Crippen molar-refractivity contribution in [2.75, 3.05) is 5.32 Å². The lowest BCUT2D eigenvalue weighted by Gasteiger charge is -2.14. The first kappa shape index (κ1) is 15.5. The van der Waals surface area contributed by atoms with Crippen LogP contribution in [0.1, 0.15) is 35.9 Å². The Bertz CT molecular complexity index is 992. The molecule has 1 fully saturated rings. The quantitative estimate of drug-likeness (QED) is 0.755. The number of anilines is 1. The normalized spacial score (nSPS) is 15.3. The summed E-state index contributed by atoms with van der Waals surface area (Å²) in [4.78, 5) is 24.7. The van der Waals surface area contributed by atoms with Gasteiger partial charge in [0.25, 0.3) is 5.91 Å². The maximum Gasteiger partial charge on any atom is 0.253 e. The number of aryl methyl sites for hydroxylation is 1. The van der Waals surface area contributed by atoms with Crippen LogP contribution in [0.3, 0.4) is 0 Å². The molecule has 1 saturated carbocycles. The monoisotopic (exact) mass is 341 g/mol. The molecule has 8 heteroatoms. The first-order valence-corrected chi connectivity index (χ1v) is 7.87. The van der Waals surface area contributed by atoms with E-state index in [-0.39, 0.29) is 22.6 Å². The lowest BCUT2D eigenvalue weighted by Crippen LogP contribution is -2.19. The molecule has 128 valence electrons. The number of carbonyl (C=O) groups is 1. The number of carbonyl (C=O) groups excluding carboxylic acids is 1. The Balaban J connectivity index is 1.95. The fourth-order valence-electron chi connectivity index (χ4n) is 2.72. The van der Waals surface area contributed by atoms with Crippen LogP contribution in [0.15, 0.2) is 22.7 Å². The SMILES string of the molecule is Cc1oc2nc(-c3ccc(F)cn3)nc(NC3(C)CC3)c2c1C(N)=O. The highest BCUT2D eigenvalue weighted by molar-refractivity contribution is 6.09. The maximum absolute atomic E-state index is 13.1. The van der Waals surface area contributed by atoms with E-state index in [1.165, 1.54) is 12.1 Å². The van der Waals surface area contributed by atoms with E-state index in [0.29, 0.717) is 22.7 Å². The summed E-state index contributed by atoms with van der Waals surface area (Å²) >= 11 is 0. The molecule has 3 aromatic rings. The number of hydrogen-bond acceptors (Lipinski definition) is 6. The van der Waals surface area contributed by atoms with Gasteiger partial charge in [0.1, 0.15) is 23.1 Å². The number of rotatable bonds is 4. The van der Waals surface area contributed by atoms with Crippen LogP contribution in [0.2, 0.25) is 0 Å². The van der Waals surface area contributed by atoms with Crippen molar-refractivity contribution < 1.29 is 13.6 Å². The molecule has 0 unspecified atom stereocenters. The number of halogens is 1. The molecule has 25 heavy (non-hydrogen) atoms. The lowest BCUT2D eigenvalue weighted by molar-refractivity contribution is 0.1000. The summed E-state index contributed by atoms with van der Waals surface area (Å²) in [5.74, 6) is 0.0841. The molecular formula is C17H16FN5O2. The molecule has 0 atom stereocenters. The fraction of sp³-hybridized carbons (Fsp3) is 0.294. The van der Waals surface area contributed by atoms with Gasteiger partial charge >= 0.3 is 0 Å². The van der Waals surface area contributed by atoms with Crippen molar-refractivity contribution in [1.29, 1.82) is 0 Å². The van der Waals surface area contributed by atoms with E-state index in [1.54, 1.807) is 6.92 Å². The minimum absolute atomic E-state index is 0.0884. The van der Waals surface area contributed by atoms with Gasteiger partial charge in [-0.15, -0.1) is 0 Å². The predicted octanol–water partition coefficient (Wildman–Crippen LogP) is 2.80. The highest BCUT2D eigenvalue weighted by Crippen LogP contribution is 2.40. The average Bonchev–Trinajstić information content (AvgIpc) is 3.16. The molecule has 1 amide bonds. The van der Waals surface area contributed by atoms with E-state index >= 15 is 0 Å². The number of primary amides is 1. The summed E-state index contributed by atoms with van der Waals surface area (Å²) in [5.41, 5.74) is 6.33. The molecule has 0 radical (unpaired) electrons. The van der Waals surface area contributed by atoms with Crippen molar-refractivity contribution in [2.24, 2.45) is 5.73 Å². The number of pyridine rings is 1. The van der Waals surface area contributed by atoms with Crippen LogP contribution < -0.4 is 11.1 Å². The molecular weight excluding hydrogens is 325 g/mol. The standard InChI is InChI=1S/C17H16FN5O2/c1-8-11(13(19)24)12-15(23-17(2)5-6-17)21-14(22-16(12)25-8)10-4-3-9(18)7-20-10/h3-4,7H,5-6H2,1-2H3,(H2,19,24)(H,21,22,23). The third-order valence-corrected chi connectivity index (χ3v) is 4.35. The minimum atomic E-state index is -0.600. The van der Waals surface area contributed by atoms with Crippen LogP contribution in [0.4, 0.5) is 10.2 Å². The van der Waals surface area contributed by atoms with Crippen molar-refractivity contribution in [1.82, 2.24) is 15.0 Å². The van der Waals surface area contributed by atoms with Gasteiger partial charge in [0, 0.05) is 5.54 Å². The Kier molecular flexibility index (Phi) is 3.24. The van der Waals surface area contributed by atoms with Gasteiger partial charge in [0.2, 0.25) is 5.71 Å². The number of aromatic nitrogens is 3. The van der Waals surface area contributed by atoms with Crippen LogP contribution in [-0.2, 0) is 0 Å². The molecule has 4 rings (SSSR count). The van der Waals surface area contributed by atoms with Crippen molar-refractivity contribution in [2.45, 2.75) is 32.2 Å². The van der Waals surface area contributed by atoms with Gasteiger partial charge in [-0.2, -0.15) is 4.98 Å². The number of hydrogen-bond donors (Lipinski definition) is 2. The third kappa shape index (κ3) is 2.69. The number of amides is 1. The molecule has 1 aliphatic carbocycles. The Morgan fingerprint density at radius 2 is 2.12 bits per heavy atom. The van der Waals surface area contributed by atoms with E-state index < -0.39 is 11.7 Å². The summed E-state index contributed by atoms with van der Waals surface area (Å²) in [5, 5.41) is 3.81. The van der Waals surface area contributed by atoms with Crippen LogP contribution in [0.5, 0.6) is 0 Å². The molecule has 0 aliphatic heterocycles. The Morgan fingerprint density at radius 3 is 2.72 bits per heavy atom.